The molecule has 126 valence electrons. The molecular weight excluding hydrogens is 326 g/mol. The zero-order valence-corrected chi connectivity index (χ0v) is 14.2. The topological polar surface area (TPSA) is 80.3 Å². The van der Waals surface area contributed by atoms with Crippen molar-refractivity contribution < 1.29 is 14.3 Å². The maximum atomic E-state index is 12.2. The molecule has 6 nitrogen and oxygen atoms in total. The van der Waals surface area contributed by atoms with Gasteiger partial charge in [-0.25, -0.2) is 4.98 Å². The minimum atomic E-state index is -0.240. The lowest BCUT2D eigenvalue weighted by atomic mass is 10.1. The molecule has 1 aromatic carbocycles. The van der Waals surface area contributed by atoms with E-state index in [4.69, 9.17) is 4.74 Å². The van der Waals surface area contributed by atoms with E-state index in [2.05, 4.69) is 15.6 Å². The van der Waals surface area contributed by atoms with Crippen molar-refractivity contribution in [2.75, 3.05) is 25.6 Å². The lowest BCUT2D eigenvalue weighted by Crippen LogP contribution is -2.31. The maximum absolute atomic E-state index is 12.2. The summed E-state index contributed by atoms with van der Waals surface area (Å²) in [6.45, 7) is 0.976. The first kappa shape index (κ1) is 16.6. The number of thiazole rings is 1. The quantitative estimate of drug-likeness (QED) is 0.787. The smallest absolute Gasteiger partial charge is 0.257 e. The van der Waals surface area contributed by atoms with Crippen LogP contribution >= 0.6 is 11.3 Å². The molecule has 3 rings (SSSR count). The van der Waals surface area contributed by atoms with Crippen molar-refractivity contribution in [2.45, 2.75) is 18.8 Å². The molecule has 2 amide bonds. The molecule has 2 aromatic rings. The molecule has 0 spiro atoms. The van der Waals surface area contributed by atoms with E-state index < -0.39 is 0 Å². The van der Waals surface area contributed by atoms with E-state index in [1.54, 1.807) is 19.2 Å². The number of ether oxygens (including phenoxy) is 1. The molecule has 0 saturated carbocycles. The molecule has 1 atom stereocenters. The average molecular weight is 345 g/mol. The Morgan fingerprint density at radius 3 is 2.88 bits per heavy atom. The number of anilines is 1. The van der Waals surface area contributed by atoms with Crippen molar-refractivity contribution in [1.82, 2.24) is 10.3 Å². The van der Waals surface area contributed by atoms with E-state index in [0.29, 0.717) is 23.8 Å². The average Bonchev–Trinajstić information content (AvgIpc) is 3.15. The molecular formula is C17H19N3O3S. The SMILES string of the molecule is COCCNC(=O)C1CCc2sc(NC(=O)c3ccccc3)nc21. The van der Waals surface area contributed by atoms with Crippen molar-refractivity contribution in [3.63, 3.8) is 0 Å². The Hall–Kier alpha value is -2.25. The number of benzene rings is 1. The van der Waals surface area contributed by atoms with Crippen molar-refractivity contribution in [1.29, 1.82) is 0 Å². The summed E-state index contributed by atoms with van der Waals surface area (Å²) in [7, 11) is 1.60. The standard InChI is InChI=1S/C17H19N3O3S/c1-23-10-9-18-16(22)12-7-8-13-14(12)19-17(24-13)20-15(21)11-5-3-2-4-6-11/h2-6,12H,7-10H2,1H3,(H,18,22)(H,19,20,21). The summed E-state index contributed by atoms with van der Waals surface area (Å²) in [6.07, 6.45) is 1.58. The van der Waals surface area contributed by atoms with Crippen LogP contribution in [0.25, 0.3) is 0 Å². The van der Waals surface area contributed by atoms with Gasteiger partial charge in [0.1, 0.15) is 0 Å². The molecule has 1 aliphatic rings. The molecule has 7 heteroatoms. The molecule has 2 N–H and O–H groups in total. The molecule has 0 aliphatic heterocycles. The summed E-state index contributed by atoms with van der Waals surface area (Å²) < 4.78 is 4.94. The van der Waals surface area contributed by atoms with Crippen LogP contribution in [0.3, 0.4) is 0 Å². The van der Waals surface area contributed by atoms with E-state index in [1.807, 2.05) is 18.2 Å². The van der Waals surface area contributed by atoms with Crippen molar-refractivity contribution in [3.05, 3.63) is 46.5 Å². The Labute approximate surface area is 144 Å². The van der Waals surface area contributed by atoms with Crippen LogP contribution in [0, 0.1) is 0 Å². The van der Waals surface area contributed by atoms with E-state index in [1.165, 1.54) is 11.3 Å². The van der Waals surface area contributed by atoms with Gasteiger partial charge in [0.05, 0.1) is 18.2 Å². The lowest BCUT2D eigenvalue weighted by molar-refractivity contribution is -0.122. The fourth-order valence-electron chi connectivity index (χ4n) is 2.69. The predicted molar refractivity (Wildman–Crippen MR) is 92.5 cm³/mol. The molecule has 0 radical (unpaired) electrons. The zero-order valence-electron chi connectivity index (χ0n) is 13.4. The number of fused-ring (bicyclic) bond motifs is 1. The minimum Gasteiger partial charge on any atom is -0.383 e. The second-order valence-electron chi connectivity index (χ2n) is 5.52. The van der Waals surface area contributed by atoms with E-state index in [0.717, 1.165) is 23.4 Å². The molecule has 0 bridgehead atoms. The van der Waals surface area contributed by atoms with Crippen LogP contribution in [0.1, 0.15) is 33.3 Å². The number of carbonyl (C=O) groups excluding carboxylic acids is 2. The van der Waals surface area contributed by atoms with Gasteiger partial charge in [-0.15, -0.1) is 11.3 Å². The summed E-state index contributed by atoms with van der Waals surface area (Å²) >= 11 is 1.45. The third-order valence-corrected chi connectivity index (χ3v) is 4.94. The molecule has 0 fully saturated rings. The summed E-state index contributed by atoms with van der Waals surface area (Å²) in [5.41, 5.74) is 1.37. The van der Waals surface area contributed by atoms with Gasteiger partial charge in [0.15, 0.2) is 5.13 Å². The Morgan fingerprint density at radius 2 is 2.12 bits per heavy atom. The number of amides is 2. The number of hydrogen-bond acceptors (Lipinski definition) is 5. The molecule has 1 aliphatic carbocycles. The number of carbonyl (C=O) groups is 2. The van der Waals surface area contributed by atoms with Crippen LogP contribution in [0.5, 0.6) is 0 Å². The number of methoxy groups -OCH3 is 1. The highest BCUT2D eigenvalue weighted by Gasteiger charge is 2.32. The summed E-state index contributed by atoms with van der Waals surface area (Å²) in [4.78, 5) is 30.0. The number of hydrogen-bond donors (Lipinski definition) is 2. The summed E-state index contributed by atoms with van der Waals surface area (Å²) in [5.74, 6) is -0.461. The van der Waals surface area contributed by atoms with E-state index >= 15 is 0 Å². The first-order valence-corrected chi connectivity index (χ1v) is 8.63. The lowest BCUT2D eigenvalue weighted by Gasteiger charge is -2.10. The Morgan fingerprint density at radius 1 is 1.33 bits per heavy atom. The number of aromatic nitrogens is 1. The largest absolute Gasteiger partial charge is 0.383 e. The van der Waals surface area contributed by atoms with E-state index in [-0.39, 0.29) is 17.7 Å². The summed E-state index contributed by atoms with van der Waals surface area (Å²) in [6, 6.07) is 9.00. The Kier molecular flexibility index (Phi) is 5.22. The fraction of sp³-hybridized carbons (Fsp3) is 0.353. The first-order valence-electron chi connectivity index (χ1n) is 7.81. The molecule has 24 heavy (non-hydrogen) atoms. The van der Waals surface area contributed by atoms with Gasteiger partial charge in [-0.05, 0) is 25.0 Å². The van der Waals surface area contributed by atoms with Crippen LogP contribution in [-0.4, -0.2) is 37.1 Å². The van der Waals surface area contributed by atoms with Crippen LogP contribution in [0.15, 0.2) is 30.3 Å². The predicted octanol–water partition coefficient (Wildman–Crippen LogP) is 2.19. The number of nitrogens with one attached hydrogen (secondary N) is 2. The highest BCUT2D eigenvalue weighted by atomic mass is 32.1. The maximum Gasteiger partial charge on any atom is 0.257 e. The van der Waals surface area contributed by atoms with Crippen molar-refractivity contribution in [3.8, 4) is 0 Å². The van der Waals surface area contributed by atoms with Crippen LogP contribution < -0.4 is 10.6 Å². The van der Waals surface area contributed by atoms with Gasteiger partial charge in [0.2, 0.25) is 5.91 Å². The first-order chi connectivity index (χ1) is 11.7. The van der Waals surface area contributed by atoms with Gasteiger partial charge in [0.25, 0.3) is 5.91 Å². The van der Waals surface area contributed by atoms with Gasteiger partial charge in [-0.1, -0.05) is 18.2 Å². The number of nitrogens with zero attached hydrogens (tertiary/aromatic N) is 1. The Bertz CT molecular complexity index is 730. The van der Waals surface area contributed by atoms with Gasteiger partial charge >= 0.3 is 0 Å². The monoisotopic (exact) mass is 345 g/mol. The highest BCUT2D eigenvalue weighted by molar-refractivity contribution is 7.16. The zero-order chi connectivity index (χ0) is 16.9. The Balaban J connectivity index is 1.66. The second-order valence-corrected chi connectivity index (χ2v) is 6.61. The number of rotatable bonds is 6. The minimum absolute atomic E-state index is 0.0305. The van der Waals surface area contributed by atoms with Crippen molar-refractivity contribution >= 4 is 28.3 Å². The highest BCUT2D eigenvalue weighted by Crippen LogP contribution is 2.38. The van der Waals surface area contributed by atoms with Gasteiger partial charge in [-0.3, -0.25) is 14.9 Å². The third-order valence-electron chi connectivity index (χ3n) is 3.90. The molecule has 1 aromatic heterocycles. The third kappa shape index (κ3) is 3.63. The van der Waals surface area contributed by atoms with Gasteiger partial charge in [-0.2, -0.15) is 0 Å². The molecule has 1 heterocycles. The van der Waals surface area contributed by atoms with Crippen LogP contribution in [0.4, 0.5) is 5.13 Å². The molecule has 1 unspecified atom stereocenters. The van der Waals surface area contributed by atoms with Gasteiger partial charge in [0, 0.05) is 24.1 Å². The van der Waals surface area contributed by atoms with E-state index in [9.17, 15) is 9.59 Å². The van der Waals surface area contributed by atoms with Gasteiger partial charge < -0.3 is 10.1 Å². The van der Waals surface area contributed by atoms with Crippen molar-refractivity contribution in [2.24, 2.45) is 0 Å². The number of aryl methyl sites for hydroxylation is 1. The van der Waals surface area contributed by atoms with Crippen LogP contribution in [0.2, 0.25) is 0 Å². The van der Waals surface area contributed by atoms with Crippen LogP contribution in [-0.2, 0) is 16.0 Å². The normalized spacial score (nSPS) is 15.8. The molecule has 0 saturated heterocycles. The second kappa shape index (κ2) is 7.55. The summed E-state index contributed by atoms with van der Waals surface area (Å²) in [5, 5.41) is 6.22. The fourth-order valence-corrected chi connectivity index (χ4v) is 3.73.